The lowest BCUT2D eigenvalue weighted by Crippen LogP contribution is -2.40. The summed E-state index contributed by atoms with van der Waals surface area (Å²) in [4.78, 5) is 14.3. The van der Waals surface area contributed by atoms with Gasteiger partial charge in [0.1, 0.15) is 4.47 Å². The summed E-state index contributed by atoms with van der Waals surface area (Å²) in [5, 5.41) is 7.67. The number of hydrogen-bond acceptors (Lipinski definition) is 4. The van der Waals surface area contributed by atoms with Gasteiger partial charge in [0.25, 0.3) is 5.56 Å². The highest BCUT2D eigenvalue weighted by Crippen LogP contribution is 2.23. The Morgan fingerprint density at radius 1 is 1.60 bits per heavy atom. The van der Waals surface area contributed by atoms with E-state index in [-0.39, 0.29) is 5.56 Å². The molecule has 1 atom stereocenters. The third-order valence-corrected chi connectivity index (χ3v) is 4.33. The van der Waals surface area contributed by atoms with Gasteiger partial charge in [0.05, 0.1) is 11.9 Å². The maximum Gasteiger partial charge on any atom is 0.282 e. The Balaban J connectivity index is 2.25. The van der Waals surface area contributed by atoms with Gasteiger partial charge in [-0.1, -0.05) is 13.8 Å². The van der Waals surface area contributed by atoms with Crippen LogP contribution in [0.5, 0.6) is 0 Å². The summed E-state index contributed by atoms with van der Waals surface area (Å²) in [5.41, 5.74) is 0.811. The van der Waals surface area contributed by atoms with E-state index < -0.39 is 0 Å². The summed E-state index contributed by atoms with van der Waals surface area (Å²) in [7, 11) is 1.67. The fourth-order valence-corrected chi connectivity index (χ4v) is 3.22. The van der Waals surface area contributed by atoms with Crippen LogP contribution in [0.4, 0.5) is 5.69 Å². The van der Waals surface area contributed by atoms with Crippen LogP contribution in [-0.4, -0.2) is 35.5 Å². The van der Waals surface area contributed by atoms with Crippen LogP contribution in [0.3, 0.4) is 0 Å². The second-order valence-electron chi connectivity index (χ2n) is 5.86. The average molecular weight is 343 g/mol. The van der Waals surface area contributed by atoms with Gasteiger partial charge in [-0.05, 0) is 41.2 Å². The molecule has 1 aliphatic heterocycles. The van der Waals surface area contributed by atoms with Crippen LogP contribution in [0.2, 0.25) is 0 Å². The molecule has 0 aromatic carbocycles. The summed E-state index contributed by atoms with van der Waals surface area (Å²) >= 11 is 3.44. The number of hydrogen-bond donors (Lipinski definition) is 1. The van der Waals surface area contributed by atoms with Crippen LogP contribution in [0, 0.1) is 5.92 Å². The Kier molecular flexibility index (Phi) is 5.21. The average Bonchev–Trinajstić information content (AvgIpc) is 2.88. The van der Waals surface area contributed by atoms with Crippen molar-refractivity contribution in [2.75, 3.05) is 24.5 Å². The summed E-state index contributed by atoms with van der Waals surface area (Å²) in [5.74, 6) is 0.535. The quantitative estimate of drug-likeness (QED) is 0.885. The fourth-order valence-electron chi connectivity index (χ4n) is 2.61. The molecule has 1 N–H and O–H groups in total. The number of anilines is 1. The molecule has 0 aliphatic carbocycles. The normalized spacial score (nSPS) is 18.8. The molecule has 1 aromatic rings. The minimum absolute atomic E-state index is 0.0874. The standard InChI is InChI=1S/C14H23BrN4O/c1-10(2)8-19(9-11-5-4-6-16-11)12-7-17-18(3)14(20)13(12)15/h7,10-11,16H,4-6,8-9H2,1-3H3. The van der Waals surface area contributed by atoms with Gasteiger partial charge in [-0.2, -0.15) is 5.10 Å². The second kappa shape index (κ2) is 6.72. The first kappa shape index (κ1) is 15.5. The lowest BCUT2D eigenvalue weighted by atomic mass is 10.1. The molecule has 5 nitrogen and oxygen atoms in total. The number of aromatic nitrogens is 2. The minimum atomic E-state index is -0.0874. The topological polar surface area (TPSA) is 50.2 Å². The van der Waals surface area contributed by atoms with Crippen LogP contribution in [0.1, 0.15) is 26.7 Å². The van der Waals surface area contributed by atoms with Crippen LogP contribution in [0.15, 0.2) is 15.5 Å². The lowest BCUT2D eigenvalue weighted by molar-refractivity contribution is 0.538. The smallest absolute Gasteiger partial charge is 0.282 e. The van der Waals surface area contributed by atoms with E-state index in [4.69, 9.17) is 0 Å². The Morgan fingerprint density at radius 2 is 2.35 bits per heavy atom. The van der Waals surface area contributed by atoms with E-state index in [1.165, 1.54) is 17.5 Å². The van der Waals surface area contributed by atoms with Crippen LogP contribution < -0.4 is 15.8 Å². The molecule has 6 heteroatoms. The molecular weight excluding hydrogens is 320 g/mol. The highest BCUT2D eigenvalue weighted by Gasteiger charge is 2.21. The zero-order valence-electron chi connectivity index (χ0n) is 12.4. The van der Waals surface area contributed by atoms with E-state index in [9.17, 15) is 4.79 Å². The predicted molar refractivity (Wildman–Crippen MR) is 85.3 cm³/mol. The van der Waals surface area contributed by atoms with Crippen LogP contribution in [0.25, 0.3) is 0 Å². The largest absolute Gasteiger partial charge is 0.367 e. The summed E-state index contributed by atoms with van der Waals surface area (Å²) in [6.07, 6.45) is 4.21. The Labute approximate surface area is 128 Å². The Hall–Kier alpha value is -0.880. The third-order valence-electron chi connectivity index (χ3n) is 3.59. The number of aryl methyl sites for hydroxylation is 1. The highest BCUT2D eigenvalue weighted by atomic mass is 79.9. The van der Waals surface area contributed by atoms with Crippen molar-refractivity contribution in [1.82, 2.24) is 15.1 Å². The molecule has 0 spiro atoms. The molecule has 0 amide bonds. The van der Waals surface area contributed by atoms with Gasteiger partial charge in [-0.3, -0.25) is 4.79 Å². The van der Waals surface area contributed by atoms with Crippen molar-refractivity contribution in [2.24, 2.45) is 13.0 Å². The number of halogens is 1. The van der Waals surface area contributed by atoms with Crippen molar-refractivity contribution in [3.05, 3.63) is 21.0 Å². The van der Waals surface area contributed by atoms with E-state index in [0.29, 0.717) is 16.4 Å². The molecule has 2 rings (SSSR count). The number of rotatable bonds is 5. The summed E-state index contributed by atoms with van der Waals surface area (Å²) in [6.45, 7) is 7.32. The van der Waals surface area contributed by atoms with Crippen molar-refractivity contribution < 1.29 is 0 Å². The SMILES string of the molecule is CC(C)CN(CC1CCCN1)c1cnn(C)c(=O)c1Br. The second-order valence-corrected chi connectivity index (χ2v) is 6.66. The zero-order valence-corrected chi connectivity index (χ0v) is 14.0. The molecule has 20 heavy (non-hydrogen) atoms. The van der Waals surface area contributed by atoms with Gasteiger partial charge in [0.15, 0.2) is 0 Å². The molecule has 0 saturated carbocycles. The minimum Gasteiger partial charge on any atom is -0.367 e. The molecule has 1 unspecified atom stereocenters. The van der Waals surface area contributed by atoms with E-state index in [2.05, 4.69) is 45.1 Å². The van der Waals surface area contributed by atoms with Crippen molar-refractivity contribution >= 4 is 21.6 Å². The highest BCUT2D eigenvalue weighted by molar-refractivity contribution is 9.10. The van der Waals surface area contributed by atoms with Crippen molar-refractivity contribution in [1.29, 1.82) is 0 Å². The fraction of sp³-hybridized carbons (Fsp3) is 0.714. The molecular formula is C14H23BrN4O. The van der Waals surface area contributed by atoms with E-state index in [0.717, 1.165) is 25.3 Å². The van der Waals surface area contributed by atoms with E-state index in [1.54, 1.807) is 13.2 Å². The third kappa shape index (κ3) is 3.61. The van der Waals surface area contributed by atoms with Gasteiger partial charge < -0.3 is 10.2 Å². The maximum atomic E-state index is 12.0. The first-order valence-electron chi connectivity index (χ1n) is 7.19. The predicted octanol–water partition coefficient (Wildman–Crippen LogP) is 1.76. The number of nitrogens with zero attached hydrogens (tertiary/aromatic N) is 3. The van der Waals surface area contributed by atoms with Crippen molar-refractivity contribution in [2.45, 2.75) is 32.7 Å². The van der Waals surface area contributed by atoms with Crippen LogP contribution >= 0.6 is 15.9 Å². The number of nitrogens with one attached hydrogen (secondary N) is 1. The maximum absolute atomic E-state index is 12.0. The summed E-state index contributed by atoms with van der Waals surface area (Å²) in [6, 6.07) is 0.504. The van der Waals surface area contributed by atoms with Gasteiger partial charge in [0, 0.05) is 26.2 Å². The van der Waals surface area contributed by atoms with Crippen molar-refractivity contribution in [3.63, 3.8) is 0 Å². The lowest BCUT2D eigenvalue weighted by Gasteiger charge is -2.29. The van der Waals surface area contributed by atoms with Gasteiger partial charge in [0.2, 0.25) is 0 Å². The molecule has 1 saturated heterocycles. The summed E-state index contributed by atoms with van der Waals surface area (Å²) < 4.78 is 1.96. The molecule has 2 heterocycles. The monoisotopic (exact) mass is 342 g/mol. The molecule has 0 bridgehead atoms. The van der Waals surface area contributed by atoms with Gasteiger partial charge >= 0.3 is 0 Å². The molecule has 1 aromatic heterocycles. The van der Waals surface area contributed by atoms with Crippen LogP contribution in [-0.2, 0) is 7.05 Å². The molecule has 1 fully saturated rings. The zero-order chi connectivity index (χ0) is 14.7. The van der Waals surface area contributed by atoms with E-state index in [1.807, 2.05) is 0 Å². The Bertz CT molecular complexity index is 508. The first-order chi connectivity index (χ1) is 9.49. The first-order valence-corrected chi connectivity index (χ1v) is 7.98. The van der Waals surface area contributed by atoms with Gasteiger partial charge in [-0.15, -0.1) is 0 Å². The Morgan fingerprint density at radius 3 is 2.95 bits per heavy atom. The van der Waals surface area contributed by atoms with Gasteiger partial charge in [-0.25, -0.2) is 4.68 Å². The molecule has 112 valence electrons. The van der Waals surface area contributed by atoms with Crippen molar-refractivity contribution in [3.8, 4) is 0 Å². The molecule has 0 radical (unpaired) electrons. The molecule has 1 aliphatic rings. The van der Waals surface area contributed by atoms with E-state index >= 15 is 0 Å².